The van der Waals surface area contributed by atoms with Crippen LogP contribution >= 0.6 is 0 Å². The van der Waals surface area contributed by atoms with Crippen LogP contribution in [0.4, 0.5) is 0 Å². The van der Waals surface area contributed by atoms with Gasteiger partial charge in [-0.1, -0.05) is 36.9 Å². The molecule has 0 saturated heterocycles. The molecule has 0 saturated carbocycles. The van der Waals surface area contributed by atoms with E-state index in [1.807, 2.05) is 30.3 Å². The average molecular weight is 296 g/mol. The number of imidazole rings is 1. The molecule has 22 heavy (non-hydrogen) atoms. The van der Waals surface area contributed by atoms with Crippen molar-refractivity contribution in [1.82, 2.24) is 18.7 Å². The van der Waals surface area contributed by atoms with Crippen LogP contribution in [0, 0.1) is 0 Å². The van der Waals surface area contributed by atoms with Crippen molar-refractivity contribution >= 4 is 16.7 Å². The van der Waals surface area contributed by atoms with E-state index in [2.05, 4.69) is 11.6 Å². The second-order valence-electron chi connectivity index (χ2n) is 5.22. The van der Waals surface area contributed by atoms with Crippen LogP contribution in [0.15, 0.2) is 46.5 Å². The molecule has 0 radical (unpaired) electrons. The molecule has 0 unspecified atom stereocenters. The zero-order chi connectivity index (χ0) is 16.0. The minimum absolute atomic E-state index is 0.361. The molecule has 0 N–H and O–H groups in total. The second-order valence-corrected chi connectivity index (χ2v) is 5.22. The number of nitrogens with zero attached hydrogens (tertiary/aromatic N) is 4. The van der Waals surface area contributed by atoms with Gasteiger partial charge in [0.1, 0.15) is 5.82 Å². The van der Waals surface area contributed by atoms with E-state index in [0.717, 1.165) is 10.1 Å². The van der Waals surface area contributed by atoms with Gasteiger partial charge >= 0.3 is 5.69 Å². The molecule has 3 rings (SSSR count). The van der Waals surface area contributed by atoms with Crippen molar-refractivity contribution in [1.29, 1.82) is 0 Å². The van der Waals surface area contributed by atoms with Crippen LogP contribution in [-0.4, -0.2) is 18.7 Å². The predicted octanol–water partition coefficient (Wildman–Crippen LogP) is 1.03. The van der Waals surface area contributed by atoms with Crippen LogP contribution in [0.5, 0.6) is 0 Å². The van der Waals surface area contributed by atoms with Gasteiger partial charge in [-0.15, -0.1) is 0 Å². The van der Waals surface area contributed by atoms with Crippen LogP contribution in [0.3, 0.4) is 0 Å². The third-order valence-corrected chi connectivity index (χ3v) is 3.87. The molecular formula is C16H16N4O2. The summed E-state index contributed by atoms with van der Waals surface area (Å²) < 4.78 is 4.14. The number of hydrogen-bond acceptors (Lipinski definition) is 3. The first kappa shape index (κ1) is 14.1. The number of benzene rings is 1. The van der Waals surface area contributed by atoms with Crippen LogP contribution in [0.1, 0.15) is 11.4 Å². The van der Waals surface area contributed by atoms with E-state index in [1.165, 1.54) is 11.6 Å². The van der Waals surface area contributed by atoms with Crippen LogP contribution in [-0.2, 0) is 21.1 Å². The lowest BCUT2D eigenvalue weighted by atomic mass is 10.1. The highest BCUT2D eigenvalue weighted by molar-refractivity contribution is 5.81. The van der Waals surface area contributed by atoms with Crippen molar-refractivity contribution in [2.75, 3.05) is 0 Å². The van der Waals surface area contributed by atoms with E-state index < -0.39 is 5.69 Å². The summed E-state index contributed by atoms with van der Waals surface area (Å²) in [5.74, 6) is 0.569. The second kappa shape index (κ2) is 4.84. The number of aryl methyl sites for hydroxylation is 2. The topological polar surface area (TPSA) is 61.8 Å². The first-order chi connectivity index (χ1) is 10.4. The van der Waals surface area contributed by atoms with Gasteiger partial charge in [0.05, 0.1) is 0 Å². The molecule has 6 heteroatoms. The van der Waals surface area contributed by atoms with E-state index in [4.69, 9.17) is 0 Å². The van der Waals surface area contributed by atoms with Crippen molar-refractivity contribution in [3.63, 3.8) is 0 Å². The largest absolute Gasteiger partial charge is 0.332 e. The number of hydrogen-bond donors (Lipinski definition) is 0. The lowest BCUT2D eigenvalue weighted by Crippen LogP contribution is -2.37. The molecule has 0 spiro atoms. The van der Waals surface area contributed by atoms with E-state index in [9.17, 15) is 9.59 Å². The Labute approximate surface area is 126 Å². The minimum atomic E-state index is -0.396. The zero-order valence-corrected chi connectivity index (χ0v) is 12.7. The highest BCUT2D eigenvalue weighted by Gasteiger charge is 2.18. The van der Waals surface area contributed by atoms with E-state index in [0.29, 0.717) is 22.6 Å². The summed E-state index contributed by atoms with van der Waals surface area (Å²) in [5, 5.41) is 0. The van der Waals surface area contributed by atoms with Crippen molar-refractivity contribution in [2.45, 2.75) is 0 Å². The molecule has 0 atom stereocenters. The van der Waals surface area contributed by atoms with Crippen LogP contribution in [0.2, 0.25) is 0 Å². The Kier molecular flexibility index (Phi) is 3.09. The Morgan fingerprint density at radius 3 is 2.27 bits per heavy atom. The number of fused-ring (bicyclic) bond motifs is 1. The highest BCUT2D eigenvalue weighted by Crippen LogP contribution is 2.22. The van der Waals surface area contributed by atoms with Gasteiger partial charge < -0.3 is 4.57 Å². The SMILES string of the molecule is C=C(c1ccccc1)c1nc2c(c(=O)n(C)c(=O)n2C)n1C. The van der Waals surface area contributed by atoms with Gasteiger partial charge in [0, 0.05) is 26.7 Å². The van der Waals surface area contributed by atoms with Crippen molar-refractivity contribution < 1.29 is 0 Å². The maximum absolute atomic E-state index is 12.4. The summed E-state index contributed by atoms with van der Waals surface area (Å²) in [6.45, 7) is 4.08. The Balaban J connectivity index is 2.35. The summed E-state index contributed by atoms with van der Waals surface area (Å²) in [6, 6.07) is 9.61. The zero-order valence-electron chi connectivity index (χ0n) is 12.7. The summed E-state index contributed by atoms with van der Waals surface area (Å²) >= 11 is 0. The molecule has 0 amide bonds. The molecule has 0 bridgehead atoms. The van der Waals surface area contributed by atoms with Gasteiger partial charge in [0.15, 0.2) is 11.2 Å². The number of aromatic nitrogens is 4. The first-order valence-electron chi connectivity index (χ1n) is 6.80. The van der Waals surface area contributed by atoms with Gasteiger partial charge in [-0.3, -0.25) is 13.9 Å². The first-order valence-corrected chi connectivity index (χ1v) is 6.80. The Morgan fingerprint density at radius 1 is 1.00 bits per heavy atom. The lowest BCUT2D eigenvalue weighted by molar-refractivity contribution is 0.705. The van der Waals surface area contributed by atoms with Crippen molar-refractivity contribution in [3.05, 3.63) is 69.1 Å². The molecule has 2 aromatic heterocycles. The Morgan fingerprint density at radius 2 is 1.64 bits per heavy atom. The fourth-order valence-corrected chi connectivity index (χ4v) is 2.56. The average Bonchev–Trinajstić information content (AvgIpc) is 2.88. The summed E-state index contributed by atoms with van der Waals surface area (Å²) in [6.07, 6.45) is 0. The normalized spacial score (nSPS) is 11.0. The molecule has 0 aliphatic carbocycles. The van der Waals surface area contributed by atoms with Gasteiger partial charge in [-0.2, -0.15) is 0 Å². The van der Waals surface area contributed by atoms with Gasteiger partial charge in [-0.25, -0.2) is 9.78 Å². The molecule has 6 nitrogen and oxygen atoms in total. The molecule has 0 aliphatic rings. The maximum Gasteiger partial charge on any atom is 0.332 e. The van der Waals surface area contributed by atoms with Gasteiger partial charge in [0.2, 0.25) is 0 Å². The fourth-order valence-electron chi connectivity index (χ4n) is 2.56. The third kappa shape index (κ3) is 1.84. The molecule has 112 valence electrons. The van der Waals surface area contributed by atoms with Gasteiger partial charge in [-0.05, 0) is 5.56 Å². The summed E-state index contributed by atoms with van der Waals surface area (Å²) in [4.78, 5) is 28.8. The summed E-state index contributed by atoms with van der Waals surface area (Å²) in [7, 11) is 4.82. The predicted molar refractivity (Wildman–Crippen MR) is 85.8 cm³/mol. The maximum atomic E-state index is 12.4. The molecule has 0 aliphatic heterocycles. The van der Waals surface area contributed by atoms with E-state index in [-0.39, 0.29) is 5.56 Å². The summed E-state index contributed by atoms with van der Waals surface area (Å²) in [5.41, 5.74) is 1.61. The highest BCUT2D eigenvalue weighted by atomic mass is 16.2. The van der Waals surface area contributed by atoms with Crippen molar-refractivity contribution in [2.24, 2.45) is 21.1 Å². The Bertz CT molecular complexity index is 1010. The smallest absolute Gasteiger partial charge is 0.321 e. The standard InChI is InChI=1S/C16H16N4O2/c1-10(11-8-6-5-7-9-11)13-17-14-12(18(13)2)15(21)20(4)16(22)19(14)3/h5-9H,1H2,2-4H3. The van der Waals surface area contributed by atoms with E-state index in [1.54, 1.807) is 18.7 Å². The third-order valence-electron chi connectivity index (χ3n) is 3.87. The van der Waals surface area contributed by atoms with Crippen molar-refractivity contribution in [3.8, 4) is 0 Å². The Hall–Kier alpha value is -2.89. The monoisotopic (exact) mass is 296 g/mol. The van der Waals surface area contributed by atoms with E-state index >= 15 is 0 Å². The molecule has 3 aromatic rings. The molecule has 2 heterocycles. The van der Waals surface area contributed by atoms with Crippen LogP contribution < -0.4 is 11.2 Å². The fraction of sp³-hybridized carbons (Fsp3) is 0.188. The lowest BCUT2D eigenvalue weighted by Gasteiger charge is -2.06. The molecular weight excluding hydrogens is 280 g/mol. The molecule has 0 fully saturated rings. The molecule has 1 aromatic carbocycles. The quantitative estimate of drug-likeness (QED) is 0.709. The number of rotatable bonds is 2. The van der Waals surface area contributed by atoms with Gasteiger partial charge in [0.25, 0.3) is 5.56 Å². The minimum Gasteiger partial charge on any atom is -0.321 e. The van der Waals surface area contributed by atoms with Crippen LogP contribution in [0.25, 0.3) is 16.7 Å².